The number of aryl methyl sites for hydroxylation is 1. The smallest absolute Gasteiger partial charge is 0.208 e. The highest BCUT2D eigenvalue weighted by Crippen LogP contribution is 2.38. The molecule has 100 valence electrons. The summed E-state index contributed by atoms with van der Waals surface area (Å²) in [5.41, 5.74) is 1.22. The van der Waals surface area contributed by atoms with Crippen molar-refractivity contribution < 1.29 is 4.74 Å². The van der Waals surface area contributed by atoms with E-state index in [0.717, 1.165) is 22.5 Å². The van der Waals surface area contributed by atoms with Gasteiger partial charge in [-0.05, 0) is 37.5 Å². The number of rotatable bonds is 6. The number of benzene rings is 1. The van der Waals surface area contributed by atoms with Crippen molar-refractivity contribution in [3.63, 3.8) is 0 Å². The number of aromatic nitrogens is 3. The molecule has 0 unspecified atom stereocenters. The minimum Gasteiger partial charge on any atom is -0.493 e. The Hall–Kier alpha value is -1.49. The monoisotopic (exact) mass is 275 g/mol. The molecule has 1 N–H and O–H groups in total. The quantitative estimate of drug-likeness (QED) is 0.650. The Kier molecular flexibility index (Phi) is 3.73. The van der Waals surface area contributed by atoms with E-state index >= 15 is 0 Å². The van der Waals surface area contributed by atoms with Crippen LogP contribution >= 0.6 is 11.8 Å². The van der Waals surface area contributed by atoms with Crippen LogP contribution in [-0.4, -0.2) is 27.5 Å². The van der Waals surface area contributed by atoms with Gasteiger partial charge in [-0.2, -0.15) is 0 Å². The highest BCUT2D eigenvalue weighted by atomic mass is 32.2. The number of nitrogens with zero attached hydrogens (tertiary/aromatic N) is 2. The predicted molar refractivity (Wildman–Crippen MR) is 75.8 cm³/mol. The molecule has 1 heterocycles. The summed E-state index contributed by atoms with van der Waals surface area (Å²) in [5, 5.41) is 8.05. The van der Waals surface area contributed by atoms with Gasteiger partial charge in [0.2, 0.25) is 5.16 Å². The van der Waals surface area contributed by atoms with Gasteiger partial charge in [0, 0.05) is 11.7 Å². The maximum atomic E-state index is 5.69. The molecule has 1 aromatic heterocycles. The summed E-state index contributed by atoms with van der Waals surface area (Å²) in [5.74, 6) is 3.46. The molecule has 1 aliphatic rings. The second-order valence-electron chi connectivity index (χ2n) is 4.79. The van der Waals surface area contributed by atoms with E-state index in [1.54, 1.807) is 11.8 Å². The fourth-order valence-corrected chi connectivity index (χ4v) is 2.48. The maximum Gasteiger partial charge on any atom is 0.208 e. The molecule has 0 spiro atoms. The second kappa shape index (κ2) is 5.65. The Morgan fingerprint density at radius 2 is 2.32 bits per heavy atom. The van der Waals surface area contributed by atoms with E-state index in [9.17, 15) is 0 Å². The van der Waals surface area contributed by atoms with Gasteiger partial charge in [0.1, 0.15) is 11.6 Å². The zero-order valence-electron chi connectivity index (χ0n) is 10.9. The predicted octanol–water partition coefficient (Wildman–Crippen LogP) is 3.16. The van der Waals surface area contributed by atoms with E-state index in [0.29, 0.717) is 12.5 Å². The Morgan fingerprint density at radius 1 is 1.42 bits per heavy atom. The average Bonchev–Trinajstić information content (AvgIpc) is 3.15. The minimum atomic E-state index is 0.630. The summed E-state index contributed by atoms with van der Waals surface area (Å²) in [6, 6.07) is 8.10. The van der Waals surface area contributed by atoms with Crippen molar-refractivity contribution in [3.05, 3.63) is 35.7 Å². The van der Waals surface area contributed by atoms with Crippen LogP contribution in [0.25, 0.3) is 0 Å². The molecule has 1 aromatic carbocycles. The van der Waals surface area contributed by atoms with Gasteiger partial charge in [0.05, 0.1) is 6.61 Å². The average molecular weight is 275 g/mol. The molecule has 2 aromatic rings. The lowest BCUT2D eigenvalue weighted by molar-refractivity contribution is 0.343. The third kappa shape index (κ3) is 3.50. The van der Waals surface area contributed by atoms with E-state index in [1.165, 1.54) is 18.4 Å². The maximum absolute atomic E-state index is 5.69. The van der Waals surface area contributed by atoms with E-state index in [2.05, 4.69) is 28.2 Å². The highest BCUT2D eigenvalue weighted by Gasteiger charge is 2.27. The van der Waals surface area contributed by atoms with E-state index in [-0.39, 0.29) is 0 Å². The van der Waals surface area contributed by atoms with Crippen LogP contribution in [0.1, 0.15) is 30.1 Å². The third-order valence-electron chi connectivity index (χ3n) is 3.02. The topological polar surface area (TPSA) is 50.8 Å². The van der Waals surface area contributed by atoms with Crippen LogP contribution in [0.3, 0.4) is 0 Å². The first kappa shape index (κ1) is 12.5. The standard InChI is InChI=1S/C14H17N3OS/c1-10-3-2-4-12(9-10)18-7-8-19-14-15-13(16-17-14)11-5-6-11/h2-4,9,11H,5-8H2,1H3,(H,15,16,17). The molecule has 1 aliphatic carbocycles. The molecule has 4 nitrogen and oxygen atoms in total. The first-order valence-corrected chi connectivity index (χ1v) is 7.54. The van der Waals surface area contributed by atoms with Crippen molar-refractivity contribution in [2.24, 2.45) is 0 Å². The van der Waals surface area contributed by atoms with Crippen molar-refractivity contribution in [2.75, 3.05) is 12.4 Å². The van der Waals surface area contributed by atoms with Gasteiger partial charge in [0.25, 0.3) is 0 Å². The molecular weight excluding hydrogens is 258 g/mol. The zero-order valence-corrected chi connectivity index (χ0v) is 11.7. The summed E-state index contributed by atoms with van der Waals surface area (Å²) < 4.78 is 5.69. The fourth-order valence-electron chi connectivity index (χ4n) is 1.86. The number of H-pyrrole nitrogens is 1. The molecule has 1 saturated carbocycles. The molecule has 5 heteroatoms. The Morgan fingerprint density at radius 3 is 3.11 bits per heavy atom. The van der Waals surface area contributed by atoms with Gasteiger partial charge in [-0.3, -0.25) is 5.10 Å². The first-order valence-electron chi connectivity index (χ1n) is 6.56. The summed E-state index contributed by atoms with van der Waals surface area (Å²) in [6.07, 6.45) is 2.49. The summed E-state index contributed by atoms with van der Waals surface area (Å²) >= 11 is 1.63. The number of hydrogen-bond donors (Lipinski definition) is 1. The molecular formula is C14H17N3OS. The van der Waals surface area contributed by atoms with Crippen LogP contribution in [0.5, 0.6) is 5.75 Å². The molecule has 0 bridgehead atoms. The Balaban J connectivity index is 1.42. The minimum absolute atomic E-state index is 0.630. The lowest BCUT2D eigenvalue weighted by atomic mass is 10.2. The number of aromatic amines is 1. The van der Waals surface area contributed by atoms with Crippen molar-refractivity contribution in [2.45, 2.75) is 30.8 Å². The lowest BCUT2D eigenvalue weighted by Gasteiger charge is -2.05. The van der Waals surface area contributed by atoms with Gasteiger partial charge < -0.3 is 4.74 Å². The second-order valence-corrected chi connectivity index (χ2v) is 5.85. The summed E-state index contributed by atoms with van der Waals surface area (Å²) in [6.45, 7) is 2.73. The number of nitrogens with one attached hydrogen (secondary N) is 1. The van der Waals surface area contributed by atoms with Gasteiger partial charge in [-0.15, -0.1) is 5.10 Å². The molecule has 19 heavy (non-hydrogen) atoms. The normalized spacial score (nSPS) is 14.6. The van der Waals surface area contributed by atoms with Crippen LogP contribution in [-0.2, 0) is 0 Å². The van der Waals surface area contributed by atoms with Crippen LogP contribution in [0.2, 0.25) is 0 Å². The fraction of sp³-hybridized carbons (Fsp3) is 0.429. The lowest BCUT2D eigenvalue weighted by Crippen LogP contribution is -2.00. The van der Waals surface area contributed by atoms with Crippen LogP contribution in [0.15, 0.2) is 29.4 Å². The molecule has 3 rings (SSSR count). The molecule has 0 radical (unpaired) electrons. The van der Waals surface area contributed by atoms with Crippen molar-refractivity contribution in [3.8, 4) is 5.75 Å². The molecule has 0 saturated heterocycles. The first-order chi connectivity index (χ1) is 9.31. The van der Waals surface area contributed by atoms with Crippen LogP contribution in [0.4, 0.5) is 0 Å². The number of hydrogen-bond acceptors (Lipinski definition) is 4. The van der Waals surface area contributed by atoms with Crippen LogP contribution in [0, 0.1) is 6.92 Å². The molecule has 0 atom stereocenters. The number of thioether (sulfide) groups is 1. The van der Waals surface area contributed by atoms with E-state index < -0.39 is 0 Å². The van der Waals surface area contributed by atoms with Gasteiger partial charge in [-0.25, -0.2) is 4.98 Å². The van der Waals surface area contributed by atoms with Crippen LogP contribution < -0.4 is 4.74 Å². The molecule has 0 amide bonds. The van der Waals surface area contributed by atoms with Crippen molar-refractivity contribution >= 4 is 11.8 Å². The highest BCUT2D eigenvalue weighted by molar-refractivity contribution is 7.99. The molecule has 0 aliphatic heterocycles. The molecule has 1 fully saturated rings. The van der Waals surface area contributed by atoms with Crippen molar-refractivity contribution in [1.82, 2.24) is 15.2 Å². The number of ether oxygens (including phenoxy) is 1. The summed E-state index contributed by atoms with van der Waals surface area (Å²) in [4.78, 5) is 4.47. The van der Waals surface area contributed by atoms with E-state index in [1.807, 2.05) is 18.2 Å². The third-order valence-corrected chi connectivity index (χ3v) is 3.83. The van der Waals surface area contributed by atoms with Gasteiger partial charge in [0.15, 0.2) is 0 Å². The Bertz CT molecular complexity index is 551. The van der Waals surface area contributed by atoms with Crippen molar-refractivity contribution in [1.29, 1.82) is 0 Å². The van der Waals surface area contributed by atoms with E-state index in [4.69, 9.17) is 4.74 Å². The van der Waals surface area contributed by atoms with Gasteiger partial charge in [-0.1, -0.05) is 23.9 Å². The zero-order chi connectivity index (χ0) is 13.1. The SMILES string of the molecule is Cc1cccc(OCCSc2n[nH]c(C3CC3)n2)c1. The summed E-state index contributed by atoms with van der Waals surface area (Å²) in [7, 11) is 0. The van der Waals surface area contributed by atoms with Gasteiger partial charge >= 0.3 is 0 Å². The largest absolute Gasteiger partial charge is 0.493 e. The Labute approximate surface area is 117 Å².